The maximum Gasteiger partial charge on any atom is 0.306 e. The number of aliphatic carboxylic acids is 1. The van der Waals surface area contributed by atoms with Crippen LogP contribution in [0.25, 0.3) is 0 Å². The average Bonchev–Trinajstić information content (AvgIpc) is 2.38. The van der Waals surface area contributed by atoms with Crippen LogP contribution in [0.3, 0.4) is 0 Å². The molecule has 0 heterocycles. The van der Waals surface area contributed by atoms with Crippen molar-refractivity contribution in [3.05, 3.63) is 0 Å². The summed E-state index contributed by atoms with van der Waals surface area (Å²) >= 11 is 0. The quantitative estimate of drug-likeness (QED) is 0.704. The lowest BCUT2D eigenvalue weighted by atomic mass is 9.84. The van der Waals surface area contributed by atoms with E-state index in [0.29, 0.717) is 12.1 Å². The highest BCUT2D eigenvalue weighted by Crippen LogP contribution is 2.27. The Labute approximate surface area is 118 Å². The first-order valence-corrected chi connectivity index (χ1v) is 8.01. The molecule has 1 aliphatic carbocycles. The SMILES string of the molecule is CCC1CCCC(NC(C)CCCC(C)C(=O)O)C1. The van der Waals surface area contributed by atoms with E-state index in [-0.39, 0.29) is 5.92 Å². The third-order valence-electron chi connectivity index (χ3n) is 4.58. The first-order chi connectivity index (χ1) is 9.02. The Balaban J connectivity index is 2.16. The Morgan fingerprint density at radius 3 is 2.68 bits per heavy atom. The second kappa shape index (κ2) is 8.57. The maximum atomic E-state index is 10.7. The Morgan fingerprint density at radius 2 is 2.05 bits per heavy atom. The summed E-state index contributed by atoms with van der Waals surface area (Å²) in [5, 5.41) is 12.6. The minimum atomic E-state index is -0.668. The van der Waals surface area contributed by atoms with Gasteiger partial charge in [0, 0.05) is 12.1 Å². The molecule has 3 heteroatoms. The molecule has 0 amide bonds. The van der Waals surface area contributed by atoms with Crippen LogP contribution in [-0.2, 0) is 4.79 Å². The molecule has 0 aliphatic heterocycles. The molecule has 1 fully saturated rings. The predicted molar refractivity (Wildman–Crippen MR) is 79.3 cm³/mol. The molecule has 1 rings (SSSR count). The lowest BCUT2D eigenvalue weighted by Crippen LogP contribution is -2.39. The normalized spacial score (nSPS) is 26.9. The van der Waals surface area contributed by atoms with E-state index in [1.165, 1.54) is 32.1 Å². The lowest BCUT2D eigenvalue weighted by Gasteiger charge is -2.31. The Hall–Kier alpha value is -0.570. The number of carboxylic acids is 1. The molecular weight excluding hydrogens is 238 g/mol. The maximum absolute atomic E-state index is 10.7. The van der Waals surface area contributed by atoms with Crippen molar-refractivity contribution in [3.8, 4) is 0 Å². The molecule has 0 aromatic heterocycles. The van der Waals surface area contributed by atoms with Crippen molar-refractivity contribution >= 4 is 5.97 Å². The fraction of sp³-hybridized carbons (Fsp3) is 0.938. The van der Waals surface area contributed by atoms with Gasteiger partial charge in [-0.05, 0) is 38.5 Å². The van der Waals surface area contributed by atoms with E-state index < -0.39 is 5.97 Å². The van der Waals surface area contributed by atoms with Crippen LogP contribution in [0.15, 0.2) is 0 Å². The molecule has 19 heavy (non-hydrogen) atoms. The van der Waals surface area contributed by atoms with Crippen molar-refractivity contribution in [3.63, 3.8) is 0 Å². The third-order valence-corrected chi connectivity index (χ3v) is 4.58. The average molecular weight is 269 g/mol. The summed E-state index contributed by atoms with van der Waals surface area (Å²) in [7, 11) is 0. The molecule has 0 radical (unpaired) electrons. The fourth-order valence-electron chi connectivity index (χ4n) is 3.15. The zero-order chi connectivity index (χ0) is 14.3. The molecule has 4 unspecified atom stereocenters. The molecule has 0 spiro atoms. The van der Waals surface area contributed by atoms with E-state index in [4.69, 9.17) is 5.11 Å². The second-order valence-corrected chi connectivity index (χ2v) is 6.38. The molecule has 2 N–H and O–H groups in total. The Morgan fingerprint density at radius 1 is 1.32 bits per heavy atom. The highest BCUT2D eigenvalue weighted by Gasteiger charge is 2.21. The van der Waals surface area contributed by atoms with Gasteiger partial charge in [-0.25, -0.2) is 0 Å². The van der Waals surface area contributed by atoms with Crippen LogP contribution >= 0.6 is 0 Å². The second-order valence-electron chi connectivity index (χ2n) is 6.38. The van der Waals surface area contributed by atoms with Gasteiger partial charge in [0.2, 0.25) is 0 Å². The summed E-state index contributed by atoms with van der Waals surface area (Å²) in [6.45, 7) is 6.33. The highest BCUT2D eigenvalue weighted by molar-refractivity contribution is 5.69. The van der Waals surface area contributed by atoms with E-state index in [2.05, 4.69) is 19.2 Å². The van der Waals surface area contributed by atoms with Gasteiger partial charge in [-0.1, -0.05) is 39.5 Å². The van der Waals surface area contributed by atoms with Gasteiger partial charge in [0.15, 0.2) is 0 Å². The molecule has 0 bridgehead atoms. The molecule has 112 valence electrons. The lowest BCUT2D eigenvalue weighted by molar-refractivity contribution is -0.141. The summed E-state index contributed by atoms with van der Waals surface area (Å²) in [4.78, 5) is 10.7. The minimum absolute atomic E-state index is 0.202. The molecular formula is C16H31NO2. The van der Waals surface area contributed by atoms with Crippen molar-refractivity contribution in [2.75, 3.05) is 0 Å². The van der Waals surface area contributed by atoms with Crippen LogP contribution in [-0.4, -0.2) is 23.2 Å². The van der Waals surface area contributed by atoms with Crippen molar-refractivity contribution in [1.29, 1.82) is 0 Å². The van der Waals surface area contributed by atoms with Crippen LogP contribution in [0.1, 0.15) is 72.1 Å². The van der Waals surface area contributed by atoms with Gasteiger partial charge < -0.3 is 10.4 Å². The van der Waals surface area contributed by atoms with Gasteiger partial charge in [-0.15, -0.1) is 0 Å². The largest absolute Gasteiger partial charge is 0.481 e. The first-order valence-electron chi connectivity index (χ1n) is 8.01. The van der Waals surface area contributed by atoms with Crippen LogP contribution in [0, 0.1) is 11.8 Å². The number of hydrogen-bond donors (Lipinski definition) is 2. The molecule has 1 aliphatic rings. The van der Waals surface area contributed by atoms with Gasteiger partial charge in [0.05, 0.1) is 5.92 Å². The molecule has 4 atom stereocenters. The highest BCUT2D eigenvalue weighted by atomic mass is 16.4. The molecule has 1 saturated carbocycles. The van der Waals surface area contributed by atoms with E-state index >= 15 is 0 Å². The number of hydrogen-bond acceptors (Lipinski definition) is 2. The van der Waals surface area contributed by atoms with Gasteiger partial charge in [-0.3, -0.25) is 4.79 Å². The zero-order valence-corrected chi connectivity index (χ0v) is 12.8. The summed E-state index contributed by atoms with van der Waals surface area (Å²) in [5.74, 6) is 0.0375. The fourth-order valence-corrected chi connectivity index (χ4v) is 3.15. The van der Waals surface area contributed by atoms with Gasteiger partial charge in [-0.2, -0.15) is 0 Å². The monoisotopic (exact) mass is 269 g/mol. The van der Waals surface area contributed by atoms with Gasteiger partial charge >= 0.3 is 5.97 Å². The Kier molecular flexibility index (Phi) is 7.44. The summed E-state index contributed by atoms with van der Waals surface area (Å²) in [6.07, 6.45) is 9.60. The van der Waals surface area contributed by atoms with E-state index in [0.717, 1.165) is 25.2 Å². The molecule has 0 saturated heterocycles. The molecule has 0 aromatic carbocycles. The summed E-state index contributed by atoms with van der Waals surface area (Å²) in [6, 6.07) is 1.20. The molecule has 3 nitrogen and oxygen atoms in total. The first kappa shape index (κ1) is 16.5. The summed E-state index contributed by atoms with van der Waals surface area (Å²) < 4.78 is 0. The number of carboxylic acid groups (broad SMARTS) is 1. The van der Waals surface area contributed by atoms with Crippen molar-refractivity contribution in [2.24, 2.45) is 11.8 Å². The van der Waals surface area contributed by atoms with Gasteiger partial charge in [0.1, 0.15) is 0 Å². The summed E-state index contributed by atoms with van der Waals surface area (Å²) in [5.41, 5.74) is 0. The molecule has 0 aromatic rings. The van der Waals surface area contributed by atoms with Crippen molar-refractivity contribution < 1.29 is 9.90 Å². The third kappa shape index (κ3) is 6.42. The van der Waals surface area contributed by atoms with E-state index in [9.17, 15) is 4.79 Å². The number of carbonyl (C=O) groups is 1. The smallest absolute Gasteiger partial charge is 0.306 e. The van der Waals surface area contributed by atoms with Crippen LogP contribution in [0.5, 0.6) is 0 Å². The topological polar surface area (TPSA) is 49.3 Å². The van der Waals surface area contributed by atoms with Crippen LogP contribution in [0.2, 0.25) is 0 Å². The number of nitrogens with one attached hydrogen (secondary N) is 1. The van der Waals surface area contributed by atoms with Crippen LogP contribution < -0.4 is 5.32 Å². The van der Waals surface area contributed by atoms with Crippen molar-refractivity contribution in [1.82, 2.24) is 5.32 Å². The van der Waals surface area contributed by atoms with E-state index in [1.807, 2.05) is 0 Å². The minimum Gasteiger partial charge on any atom is -0.481 e. The van der Waals surface area contributed by atoms with Gasteiger partial charge in [0.25, 0.3) is 0 Å². The predicted octanol–water partition coefficient (Wildman–Crippen LogP) is 3.82. The standard InChI is InChI=1S/C16H31NO2/c1-4-14-9-6-10-15(11-14)17-13(3)8-5-7-12(2)16(18)19/h12-15,17H,4-11H2,1-3H3,(H,18,19). The van der Waals surface area contributed by atoms with Crippen LogP contribution in [0.4, 0.5) is 0 Å². The Bertz CT molecular complexity index is 267. The van der Waals surface area contributed by atoms with E-state index in [1.54, 1.807) is 6.92 Å². The zero-order valence-electron chi connectivity index (χ0n) is 12.8. The number of rotatable bonds is 8. The van der Waals surface area contributed by atoms with Crippen molar-refractivity contribution in [2.45, 2.75) is 84.2 Å².